The molecule has 0 aromatic heterocycles. The molecule has 131 valence electrons. The van der Waals surface area contributed by atoms with Gasteiger partial charge in [-0.05, 0) is 0 Å². The van der Waals surface area contributed by atoms with Gasteiger partial charge in [0, 0.05) is 0 Å². The third-order valence-corrected chi connectivity index (χ3v) is 5.73. The van der Waals surface area contributed by atoms with Crippen molar-refractivity contribution in [3.05, 3.63) is 12.3 Å². The SMILES string of the molecule is [CH2]=[Sn][O]C1C(O)[C@H](O[C@@H]2C(C)C=COC2CC)OC(CC)[C@@H]1O. The summed E-state index contributed by atoms with van der Waals surface area (Å²) in [4.78, 5) is 0. The van der Waals surface area contributed by atoms with Crippen LogP contribution in [0.5, 0.6) is 0 Å². The summed E-state index contributed by atoms with van der Waals surface area (Å²) in [5.41, 5.74) is 0. The maximum atomic E-state index is 10.5. The van der Waals surface area contributed by atoms with Gasteiger partial charge < -0.3 is 0 Å². The summed E-state index contributed by atoms with van der Waals surface area (Å²) in [5.74, 6) is 0.153. The summed E-state index contributed by atoms with van der Waals surface area (Å²) < 4.78 is 26.9. The van der Waals surface area contributed by atoms with E-state index in [0.29, 0.717) is 6.42 Å². The Morgan fingerprint density at radius 2 is 1.83 bits per heavy atom. The summed E-state index contributed by atoms with van der Waals surface area (Å²) in [6.45, 7) is 6.01. The van der Waals surface area contributed by atoms with Crippen LogP contribution in [0.3, 0.4) is 0 Å². The van der Waals surface area contributed by atoms with Crippen LogP contribution in [0.2, 0.25) is 0 Å². The van der Waals surface area contributed by atoms with Crippen LogP contribution in [0.25, 0.3) is 0 Å². The standard InChI is InChI=1S/C15H25O6.CH2.Sn/c1-4-9-11(16)12(17)13(18)15(20-9)21-14-8(3)6-7-19-10(14)5-2;;/h6-16,18H,4-5H2,1-3H3;1H2;/q-1;;+1/t8?,9?,10?,11-,12?,13?,14+,15-;;/m0../s1. The van der Waals surface area contributed by atoms with Gasteiger partial charge in [-0.3, -0.25) is 0 Å². The van der Waals surface area contributed by atoms with Gasteiger partial charge in [-0.15, -0.1) is 0 Å². The molecule has 2 N–H and O–H groups in total. The van der Waals surface area contributed by atoms with Crippen molar-refractivity contribution in [2.24, 2.45) is 5.92 Å². The minimum absolute atomic E-state index is 0.0820. The van der Waals surface area contributed by atoms with Crippen molar-refractivity contribution >= 4 is 25.6 Å². The van der Waals surface area contributed by atoms with Crippen LogP contribution in [0.4, 0.5) is 0 Å². The topological polar surface area (TPSA) is 77.4 Å². The Morgan fingerprint density at radius 1 is 1.13 bits per heavy atom. The average molecular weight is 434 g/mol. The molecule has 1 saturated heterocycles. The van der Waals surface area contributed by atoms with Gasteiger partial charge >= 0.3 is 148 Å². The molecule has 6 nitrogen and oxygen atoms in total. The summed E-state index contributed by atoms with van der Waals surface area (Å²) in [6, 6.07) is 0. The molecule has 2 rings (SSSR count). The number of hydrogen-bond donors (Lipinski definition) is 2. The van der Waals surface area contributed by atoms with Crippen LogP contribution in [-0.4, -0.2) is 78.7 Å². The third-order valence-electron chi connectivity index (χ3n) is 4.48. The Hall–Kier alpha value is 0.00870. The Balaban J connectivity index is 2.13. The Kier molecular flexibility index (Phi) is 7.49. The number of aliphatic hydroxyl groups is 2. The van der Waals surface area contributed by atoms with Crippen molar-refractivity contribution < 1.29 is 27.5 Å². The van der Waals surface area contributed by atoms with E-state index in [1.165, 1.54) is 0 Å². The summed E-state index contributed by atoms with van der Waals surface area (Å²) in [6.07, 6.45) is 0.917. The molecule has 0 spiro atoms. The van der Waals surface area contributed by atoms with Crippen LogP contribution >= 0.6 is 0 Å². The number of hydrogen-bond acceptors (Lipinski definition) is 6. The first-order valence-corrected chi connectivity index (χ1v) is 11.4. The molecule has 2 aliphatic rings. The molecule has 1 radical (unpaired) electrons. The fraction of sp³-hybridized carbons (Fsp3) is 0.812. The summed E-state index contributed by atoms with van der Waals surface area (Å²) in [5, 5.41) is 20.8. The van der Waals surface area contributed by atoms with Gasteiger partial charge in [-0.25, -0.2) is 0 Å². The Labute approximate surface area is 148 Å². The number of ether oxygens (including phenoxy) is 3. The second-order valence-electron chi connectivity index (χ2n) is 6.03. The monoisotopic (exact) mass is 435 g/mol. The van der Waals surface area contributed by atoms with Gasteiger partial charge in [0.05, 0.1) is 0 Å². The van der Waals surface area contributed by atoms with Crippen LogP contribution in [0.15, 0.2) is 12.3 Å². The van der Waals surface area contributed by atoms with E-state index in [1.54, 1.807) is 6.26 Å². The van der Waals surface area contributed by atoms with E-state index in [-0.39, 0.29) is 18.1 Å². The second-order valence-corrected chi connectivity index (χ2v) is 7.53. The fourth-order valence-electron chi connectivity index (χ4n) is 3.08. The van der Waals surface area contributed by atoms with E-state index < -0.39 is 51.8 Å². The van der Waals surface area contributed by atoms with Gasteiger partial charge in [0.1, 0.15) is 0 Å². The van der Waals surface area contributed by atoms with E-state index >= 15 is 0 Å². The molecule has 0 amide bonds. The zero-order chi connectivity index (χ0) is 17.0. The first-order valence-electron chi connectivity index (χ1n) is 8.20. The molecule has 8 atom stereocenters. The second kappa shape index (κ2) is 8.92. The predicted molar refractivity (Wildman–Crippen MR) is 87.1 cm³/mol. The first-order chi connectivity index (χ1) is 11.0. The van der Waals surface area contributed by atoms with Gasteiger partial charge in [0.15, 0.2) is 0 Å². The fourth-order valence-corrected chi connectivity index (χ4v) is 4.42. The van der Waals surface area contributed by atoms with E-state index in [4.69, 9.17) is 17.3 Å². The van der Waals surface area contributed by atoms with Gasteiger partial charge in [0.2, 0.25) is 0 Å². The Morgan fingerprint density at radius 3 is 2.43 bits per heavy atom. The first kappa shape index (κ1) is 19.3. The molecule has 0 aromatic carbocycles. The van der Waals surface area contributed by atoms with Crippen molar-refractivity contribution in [1.29, 1.82) is 0 Å². The third kappa shape index (κ3) is 4.35. The van der Waals surface area contributed by atoms with E-state index in [0.717, 1.165) is 6.42 Å². The molecular formula is C16H27O6Sn. The molecule has 23 heavy (non-hydrogen) atoms. The molecule has 0 saturated carbocycles. The Bertz CT molecular complexity index is 417. The number of aliphatic hydroxyl groups excluding tert-OH is 2. The molecule has 2 aliphatic heterocycles. The van der Waals surface area contributed by atoms with Crippen LogP contribution < -0.4 is 0 Å². The van der Waals surface area contributed by atoms with Gasteiger partial charge in [0.25, 0.3) is 0 Å². The van der Waals surface area contributed by atoms with E-state index in [9.17, 15) is 10.2 Å². The molecule has 0 aromatic rings. The predicted octanol–water partition coefficient (Wildman–Crippen LogP) is 0.623. The quantitative estimate of drug-likeness (QED) is 0.598. The molecule has 5 unspecified atom stereocenters. The van der Waals surface area contributed by atoms with Gasteiger partial charge in [-0.2, -0.15) is 0 Å². The van der Waals surface area contributed by atoms with Crippen molar-refractivity contribution in [2.75, 3.05) is 0 Å². The normalized spacial score (nSPS) is 43.9. The van der Waals surface area contributed by atoms with Crippen LogP contribution in [0, 0.1) is 5.92 Å². The van der Waals surface area contributed by atoms with E-state index in [2.05, 4.69) is 4.52 Å². The minimum atomic E-state index is -1.28. The summed E-state index contributed by atoms with van der Waals surface area (Å²) >= 11 is -1.28. The van der Waals surface area contributed by atoms with Crippen molar-refractivity contribution in [3.8, 4) is 0 Å². The molecule has 0 bridgehead atoms. The van der Waals surface area contributed by atoms with Crippen LogP contribution in [-0.2, 0) is 17.3 Å². The molecule has 2 heterocycles. The molecular weight excluding hydrogens is 407 g/mol. The average Bonchev–Trinajstić information content (AvgIpc) is 2.55. The molecule has 1 fully saturated rings. The van der Waals surface area contributed by atoms with Crippen molar-refractivity contribution in [2.45, 2.75) is 76.5 Å². The summed E-state index contributed by atoms with van der Waals surface area (Å²) in [7, 11) is 0. The molecule has 0 aliphatic carbocycles. The van der Waals surface area contributed by atoms with Crippen molar-refractivity contribution in [3.63, 3.8) is 0 Å². The van der Waals surface area contributed by atoms with Gasteiger partial charge in [-0.1, -0.05) is 0 Å². The molecule has 7 heteroatoms. The zero-order valence-electron chi connectivity index (χ0n) is 13.9. The van der Waals surface area contributed by atoms with Crippen molar-refractivity contribution in [1.82, 2.24) is 0 Å². The van der Waals surface area contributed by atoms with Crippen LogP contribution in [0.1, 0.15) is 33.6 Å². The zero-order valence-corrected chi connectivity index (χ0v) is 16.8. The maximum absolute atomic E-state index is 10.5. The number of rotatable bonds is 6. The van der Waals surface area contributed by atoms with E-state index in [1.807, 2.05) is 26.8 Å².